The van der Waals surface area contributed by atoms with Gasteiger partial charge in [-0.05, 0) is 28.8 Å². The van der Waals surface area contributed by atoms with Crippen LogP contribution in [0, 0.1) is 0 Å². The van der Waals surface area contributed by atoms with Crippen LogP contribution in [0.1, 0.15) is 16.7 Å². The molecule has 9 heteroatoms. The van der Waals surface area contributed by atoms with Crippen molar-refractivity contribution in [3.05, 3.63) is 102 Å². The van der Waals surface area contributed by atoms with Crippen molar-refractivity contribution < 1.29 is 34.1 Å². The normalized spacial score (nSPS) is 12.1. The number of carboxylic acid groups (broad SMARTS) is 1. The second kappa shape index (κ2) is 13.5. The Hall–Kier alpha value is -4.37. The molecule has 9 nitrogen and oxygen atoms in total. The van der Waals surface area contributed by atoms with Crippen molar-refractivity contribution in [3.8, 4) is 5.75 Å². The Kier molecular flexibility index (Phi) is 9.84. The van der Waals surface area contributed by atoms with Gasteiger partial charge >= 0.3 is 12.1 Å². The molecule has 0 aliphatic carbocycles. The molecule has 0 aliphatic heterocycles. The number of amides is 2. The topological polar surface area (TPSA) is 134 Å². The molecule has 3 aromatic rings. The molecule has 3 rings (SSSR count). The Balaban J connectivity index is 1.54. The molecule has 2 atom stereocenters. The average molecular weight is 493 g/mol. The number of alkyl carbamates (subject to hydrolysis) is 1. The summed E-state index contributed by atoms with van der Waals surface area (Å²) in [4.78, 5) is 36.4. The molecule has 0 spiro atoms. The third-order valence-electron chi connectivity index (χ3n) is 5.21. The number of carboxylic acids is 1. The van der Waals surface area contributed by atoms with E-state index in [0.29, 0.717) is 17.9 Å². The van der Waals surface area contributed by atoms with Crippen molar-refractivity contribution in [1.82, 2.24) is 10.6 Å². The van der Waals surface area contributed by atoms with Gasteiger partial charge in [0.2, 0.25) is 5.91 Å². The molecule has 0 fully saturated rings. The summed E-state index contributed by atoms with van der Waals surface area (Å²) >= 11 is 0. The zero-order chi connectivity index (χ0) is 25.8. The number of hydrogen-bond donors (Lipinski definition) is 4. The number of ether oxygens (including phenoxy) is 2. The molecule has 2 amide bonds. The van der Waals surface area contributed by atoms with E-state index in [0.717, 1.165) is 11.1 Å². The van der Waals surface area contributed by atoms with Crippen LogP contribution in [-0.2, 0) is 34.0 Å². The van der Waals surface area contributed by atoms with Crippen LogP contribution in [0.15, 0.2) is 84.9 Å². The number of nitrogens with one attached hydrogen (secondary N) is 2. The standard InChI is InChI=1S/C27H28N2O7/c30-16-24(29-27(34)36-18-20-10-5-2-6-11-20)25(31)28-23(26(32)33)15-21-12-7-13-22(14-21)35-17-19-8-3-1-4-9-19/h1-14,23-24,30H,15-18H2,(H,28,31)(H,29,34)(H,32,33)/t23-,24-/m0/s1. The van der Waals surface area contributed by atoms with Gasteiger partial charge in [-0.1, -0.05) is 72.8 Å². The zero-order valence-electron chi connectivity index (χ0n) is 19.5. The Morgan fingerprint density at radius 3 is 1.97 bits per heavy atom. The van der Waals surface area contributed by atoms with Crippen molar-refractivity contribution in [2.45, 2.75) is 31.7 Å². The van der Waals surface area contributed by atoms with Crippen molar-refractivity contribution >= 4 is 18.0 Å². The minimum Gasteiger partial charge on any atom is -0.489 e. The summed E-state index contributed by atoms with van der Waals surface area (Å²) in [6.45, 7) is -0.401. The molecule has 0 radical (unpaired) electrons. The summed E-state index contributed by atoms with van der Waals surface area (Å²) < 4.78 is 10.8. The predicted octanol–water partition coefficient (Wildman–Crippen LogP) is 2.66. The molecular formula is C27H28N2O7. The van der Waals surface area contributed by atoms with Crippen LogP contribution in [0.3, 0.4) is 0 Å². The molecule has 0 aliphatic rings. The summed E-state index contributed by atoms with van der Waals surface area (Å²) in [5.41, 5.74) is 2.37. The van der Waals surface area contributed by atoms with Crippen molar-refractivity contribution in [2.24, 2.45) is 0 Å². The highest BCUT2D eigenvalue weighted by Crippen LogP contribution is 2.17. The second-order valence-corrected chi connectivity index (χ2v) is 7.97. The average Bonchev–Trinajstić information content (AvgIpc) is 2.90. The van der Waals surface area contributed by atoms with Crippen molar-refractivity contribution in [2.75, 3.05) is 6.61 Å². The first kappa shape index (κ1) is 26.2. The number of benzene rings is 3. The van der Waals surface area contributed by atoms with Crippen LogP contribution in [0.4, 0.5) is 4.79 Å². The molecule has 188 valence electrons. The van der Waals surface area contributed by atoms with E-state index < -0.39 is 36.7 Å². The van der Waals surface area contributed by atoms with Crippen LogP contribution < -0.4 is 15.4 Å². The second-order valence-electron chi connectivity index (χ2n) is 7.97. The summed E-state index contributed by atoms with van der Waals surface area (Å²) in [6, 6.07) is 22.8. The van der Waals surface area contributed by atoms with Gasteiger partial charge in [0.05, 0.1) is 6.61 Å². The smallest absolute Gasteiger partial charge is 0.408 e. The number of carbonyl (C=O) groups excluding carboxylic acids is 2. The quantitative estimate of drug-likeness (QED) is 0.305. The Morgan fingerprint density at radius 1 is 0.750 bits per heavy atom. The number of aliphatic hydroxyl groups excluding tert-OH is 1. The van der Waals surface area contributed by atoms with Gasteiger partial charge in [0.15, 0.2) is 0 Å². The number of hydrogen-bond acceptors (Lipinski definition) is 6. The SMILES string of the molecule is O=C(N[C@@H](CO)C(=O)N[C@@H](Cc1cccc(OCc2ccccc2)c1)C(=O)O)OCc1ccccc1. The molecule has 36 heavy (non-hydrogen) atoms. The van der Waals surface area contributed by atoms with Crippen LogP contribution in [0.25, 0.3) is 0 Å². The van der Waals surface area contributed by atoms with Gasteiger partial charge in [-0.3, -0.25) is 4.79 Å². The third kappa shape index (κ3) is 8.44. The lowest BCUT2D eigenvalue weighted by molar-refractivity contribution is -0.142. The lowest BCUT2D eigenvalue weighted by Gasteiger charge is -2.20. The first-order chi connectivity index (χ1) is 17.4. The van der Waals surface area contributed by atoms with Gasteiger partial charge in [0.1, 0.15) is 31.0 Å². The largest absolute Gasteiger partial charge is 0.489 e. The molecule has 0 saturated carbocycles. The number of carbonyl (C=O) groups is 3. The van der Waals surface area contributed by atoms with E-state index in [2.05, 4.69) is 10.6 Å². The molecule has 4 N–H and O–H groups in total. The van der Waals surface area contributed by atoms with Gasteiger partial charge < -0.3 is 30.3 Å². The molecule has 0 aromatic heterocycles. The van der Waals surface area contributed by atoms with Gasteiger partial charge in [-0.2, -0.15) is 0 Å². The van der Waals surface area contributed by atoms with E-state index in [1.165, 1.54) is 0 Å². The summed E-state index contributed by atoms with van der Waals surface area (Å²) in [5, 5.41) is 23.8. The van der Waals surface area contributed by atoms with E-state index in [1.54, 1.807) is 48.5 Å². The van der Waals surface area contributed by atoms with Crippen LogP contribution in [-0.4, -0.2) is 46.9 Å². The zero-order valence-corrected chi connectivity index (χ0v) is 19.5. The fourth-order valence-corrected chi connectivity index (χ4v) is 3.31. The maximum atomic E-state index is 12.6. The summed E-state index contributed by atoms with van der Waals surface area (Å²) in [7, 11) is 0. The molecular weight excluding hydrogens is 464 g/mol. The predicted molar refractivity (Wildman–Crippen MR) is 131 cm³/mol. The van der Waals surface area contributed by atoms with Crippen molar-refractivity contribution in [1.29, 1.82) is 0 Å². The van der Waals surface area contributed by atoms with Crippen LogP contribution >= 0.6 is 0 Å². The summed E-state index contributed by atoms with van der Waals surface area (Å²) in [5.74, 6) is -1.55. The fraction of sp³-hybridized carbons (Fsp3) is 0.222. The Bertz CT molecular complexity index is 1140. The first-order valence-electron chi connectivity index (χ1n) is 11.3. The van der Waals surface area contributed by atoms with Gasteiger partial charge in [0.25, 0.3) is 0 Å². The molecule has 0 heterocycles. The van der Waals surface area contributed by atoms with Gasteiger partial charge in [-0.15, -0.1) is 0 Å². The van der Waals surface area contributed by atoms with E-state index >= 15 is 0 Å². The van der Waals surface area contributed by atoms with Gasteiger partial charge in [-0.25, -0.2) is 9.59 Å². The molecule has 0 bridgehead atoms. The Morgan fingerprint density at radius 2 is 1.36 bits per heavy atom. The molecule has 0 unspecified atom stereocenters. The van der Waals surface area contributed by atoms with Crippen LogP contribution in [0.5, 0.6) is 5.75 Å². The number of aliphatic carboxylic acids is 1. The lowest BCUT2D eigenvalue weighted by Crippen LogP contribution is -2.53. The van der Waals surface area contributed by atoms with E-state index in [-0.39, 0.29) is 13.0 Å². The highest BCUT2D eigenvalue weighted by molar-refractivity contribution is 5.89. The fourth-order valence-electron chi connectivity index (χ4n) is 3.31. The molecule has 0 saturated heterocycles. The minimum absolute atomic E-state index is 0.0210. The first-order valence-corrected chi connectivity index (χ1v) is 11.3. The van der Waals surface area contributed by atoms with E-state index in [1.807, 2.05) is 36.4 Å². The molecule has 3 aromatic carbocycles. The maximum absolute atomic E-state index is 12.6. The van der Waals surface area contributed by atoms with Crippen molar-refractivity contribution in [3.63, 3.8) is 0 Å². The monoisotopic (exact) mass is 492 g/mol. The minimum atomic E-state index is -1.38. The number of aliphatic hydroxyl groups is 1. The van der Waals surface area contributed by atoms with E-state index in [9.17, 15) is 24.6 Å². The summed E-state index contributed by atoms with van der Waals surface area (Å²) in [6.07, 6.45) is -0.941. The number of rotatable bonds is 12. The Labute approximate surface area is 208 Å². The maximum Gasteiger partial charge on any atom is 0.408 e. The third-order valence-corrected chi connectivity index (χ3v) is 5.21. The van der Waals surface area contributed by atoms with Gasteiger partial charge in [0, 0.05) is 6.42 Å². The van der Waals surface area contributed by atoms with Crippen LogP contribution in [0.2, 0.25) is 0 Å². The van der Waals surface area contributed by atoms with E-state index in [4.69, 9.17) is 9.47 Å². The lowest BCUT2D eigenvalue weighted by atomic mass is 10.1. The highest BCUT2D eigenvalue weighted by atomic mass is 16.5. The highest BCUT2D eigenvalue weighted by Gasteiger charge is 2.27.